The lowest BCUT2D eigenvalue weighted by Crippen LogP contribution is -2.31. The van der Waals surface area contributed by atoms with Gasteiger partial charge in [-0.3, -0.25) is 0 Å². The molecule has 0 saturated heterocycles. The van der Waals surface area contributed by atoms with Crippen molar-refractivity contribution in [1.82, 2.24) is 19.6 Å². The second-order valence-electron chi connectivity index (χ2n) is 26.3. The van der Waals surface area contributed by atoms with Crippen LogP contribution in [0.4, 0.5) is 0 Å². The highest BCUT2D eigenvalue weighted by molar-refractivity contribution is 5.00. The van der Waals surface area contributed by atoms with E-state index in [0.29, 0.717) is 5.92 Å². The van der Waals surface area contributed by atoms with Crippen LogP contribution in [0.15, 0.2) is 48.1 Å². The molecule has 0 rings (SSSR count). The maximum Gasteiger partial charge on any atom is 0.000965 e. The van der Waals surface area contributed by atoms with Crippen molar-refractivity contribution in [3.8, 4) is 0 Å². The van der Waals surface area contributed by atoms with Gasteiger partial charge in [-0.15, -0.1) is 6.58 Å². The Bertz CT molecular complexity index is 1240. The Morgan fingerprint density at radius 1 is 0.342 bits per heavy atom. The van der Waals surface area contributed by atoms with E-state index in [9.17, 15) is 0 Å². The molecule has 4 nitrogen and oxygen atoms in total. The molecule has 0 aliphatic rings. The van der Waals surface area contributed by atoms with Crippen molar-refractivity contribution in [3.63, 3.8) is 0 Å². The van der Waals surface area contributed by atoms with E-state index in [1.165, 1.54) is 238 Å². The predicted octanol–water partition coefficient (Wildman–Crippen LogP) is 23.1. The van der Waals surface area contributed by atoms with Crippen LogP contribution in [-0.4, -0.2) is 98.1 Å². The first-order chi connectivity index (χ1) is 37.8. The number of unbranched alkanes of at least 4 members (excludes halogenated alkanes) is 2. The SMILES string of the molecule is C=C(C)CC(C)CC(CC)CN(CCC)CCC.CCC/C=C/CC(C)CC(CC)CN(CCC)CCC.CCC/C=C\CC(C)CC(CC)CN(CCC)CCC.CCCN(CCC)CC(CC)CC(C)C/C(C)=C/C(C)C. The van der Waals surface area contributed by atoms with Crippen molar-refractivity contribution >= 4 is 0 Å². The van der Waals surface area contributed by atoms with Crippen LogP contribution in [0.2, 0.25) is 0 Å². The Labute approximate surface area is 503 Å². The molecule has 8 unspecified atom stereocenters. The van der Waals surface area contributed by atoms with Gasteiger partial charge in [-0.05, 0) is 235 Å². The van der Waals surface area contributed by atoms with Crippen molar-refractivity contribution in [2.75, 3.05) is 78.5 Å². The molecule has 4 heteroatoms. The normalized spacial score (nSPS) is 15.2. The zero-order valence-electron chi connectivity index (χ0n) is 59.0. The first-order valence-corrected chi connectivity index (χ1v) is 35.3. The minimum atomic E-state index is 0.684. The van der Waals surface area contributed by atoms with Gasteiger partial charge in [-0.25, -0.2) is 0 Å². The summed E-state index contributed by atoms with van der Waals surface area (Å²) in [6, 6.07) is 0. The minimum Gasteiger partial charge on any atom is -0.303 e. The fraction of sp³-hybridized carbons (Fsp3) is 0.893. The lowest BCUT2D eigenvalue weighted by Gasteiger charge is -2.28. The van der Waals surface area contributed by atoms with Crippen molar-refractivity contribution in [2.45, 2.75) is 306 Å². The monoisotopic (exact) mass is 1110 g/mol. The third-order valence-corrected chi connectivity index (χ3v) is 15.9. The van der Waals surface area contributed by atoms with Gasteiger partial charge in [0.25, 0.3) is 0 Å². The molecular weight excluding hydrogens is 957 g/mol. The first kappa shape index (κ1) is 84.3. The molecule has 0 heterocycles. The number of allylic oxidation sites excluding steroid dienone is 7. The van der Waals surface area contributed by atoms with Crippen LogP contribution in [0, 0.1) is 53.3 Å². The Kier molecular flexibility index (Phi) is 65.4. The van der Waals surface area contributed by atoms with E-state index >= 15 is 0 Å². The molecule has 0 amide bonds. The van der Waals surface area contributed by atoms with Crippen molar-refractivity contribution in [1.29, 1.82) is 0 Å². The summed E-state index contributed by atoms with van der Waals surface area (Å²) in [5.74, 6) is 7.43. The quantitative estimate of drug-likeness (QED) is 0.0563. The van der Waals surface area contributed by atoms with Gasteiger partial charge in [0.05, 0.1) is 0 Å². The van der Waals surface area contributed by atoms with Gasteiger partial charge in [0, 0.05) is 26.2 Å². The van der Waals surface area contributed by atoms with Crippen LogP contribution >= 0.6 is 0 Å². The first-order valence-electron chi connectivity index (χ1n) is 35.3. The van der Waals surface area contributed by atoms with Crippen LogP contribution in [0.5, 0.6) is 0 Å². The highest BCUT2D eigenvalue weighted by Gasteiger charge is 2.19. The van der Waals surface area contributed by atoms with Crippen LogP contribution in [0.3, 0.4) is 0 Å². The van der Waals surface area contributed by atoms with Crippen LogP contribution < -0.4 is 0 Å². The van der Waals surface area contributed by atoms with E-state index in [1.807, 2.05) is 0 Å². The highest BCUT2D eigenvalue weighted by atomic mass is 15.1. The summed E-state index contributed by atoms with van der Waals surface area (Å²) in [4.78, 5) is 10.7. The van der Waals surface area contributed by atoms with Gasteiger partial charge in [-0.2, -0.15) is 0 Å². The molecule has 0 radical (unpaired) electrons. The molecule has 0 aliphatic heterocycles. The van der Waals surface area contributed by atoms with Gasteiger partial charge in [0.15, 0.2) is 0 Å². The van der Waals surface area contributed by atoms with Gasteiger partial charge < -0.3 is 19.6 Å². The van der Waals surface area contributed by atoms with E-state index in [-0.39, 0.29) is 0 Å². The Balaban J connectivity index is -0.000000475. The van der Waals surface area contributed by atoms with E-state index < -0.39 is 0 Å². The molecule has 0 aromatic carbocycles. The maximum absolute atomic E-state index is 4.04. The fourth-order valence-electron chi connectivity index (χ4n) is 12.3. The number of hydrogen-bond donors (Lipinski definition) is 0. The molecule has 0 N–H and O–H groups in total. The minimum absolute atomic E-state index is 0.684. The summed E-state index contributed by atoms with van der Waals surface area (Å²) >= 11 is 0. The van der Waals surface area contributed by atoms with E-state index in [1.54, 1.807) is 5.57 Å². The van der Waals surface area contributed by atoms with Crippen molar-refractivity contribution < 1.29 is 0 Å². The molecule has 8 atom stereocenters. The second-order valence-corrected chi connectivity index (χ2v) is 26.3. The van der Waals surface area contributed by atoms with Gasteiger partial charge >= 0.3 is 0 Å². The summed E-state index contributed by atoms with van der Waals surface area (Å²) in [7, 11) is 0. The molecular formula is C75H154N4. The number of nitrogens with zero attached hydrogens (tertiary/aromatic N) is 4. The molecule has 474 valence electrons. The van der Waals surface area contributed by atoms with Gasteiger partial charge in [0.2, 0.25) is 0 Å². The predicted molar refractivity (Wildman–Crippen MR) is 368 cm³/mol. The summed E-state index contributed by atoms with van der Waals surface area (Å²) < 4.78 is 0. The maximum atomic E-state index is 4.04. The van der Waals surface area contributed by atoms with Crippen LogP contribution in [-0.2, 0) is 0 Å². The topological polar surface area (TPSA) is 13.0 Å². The van der Waals surface area contributed by atoms with Crippen LogP contribution in [0.25, 0.3) is 0 Å². The van der Waals surface area contributed by atoms with Crippen molar-refractivity contribution in [3.05, 3.63) is 48.1 Å². The zero-order valence-corrected chi connectivity index (χ0v) is 59.0. The Morgan fingerprint density at radius 2 is 0.595 bits per heavy atom. The molecule has 0 spiro atoms. The van der Waals surface area contributed by atoms with E-state index in [0.717, 1.165) is 47.3 Å². The highest BCUT2D eigenvalue weighted by Crippen LogP contribution is 2.26. The average molecular weight is 1110 g/mol. The third kappa shape index (κ3) is 57.0. The summed E-state index contributed by atoms with van der Waals surface area (Å²) in [6.07, 6.45) is 43.0. The zero-order chi connectivity index (χ0) is 60.7. The van der Waals surface area contributed by atoms with Crippen LogP contribution in [0.1, 0.15) is 306 Å². The second kappa shape index (κ2) is 61.4. The summed E-state index contributed by atoms with van der Waals surface area (Å²) in [5.41, 5.74) is 2.91. The van der Waals surface area contributed by atoms with E-state index in [2.05, 4.69) is 209 Å². The lowest BCUT2D eigenvalue weighted by molar-refractivity contribution is 0.208. The lowest BCUT2D eigenvalue weighted by atomic mass is 9.88. The molecule has 0 aromatic rings. The Hall–Kier alpha value is -1.20. The largest absolute Gasteiger partial charge is 0.303 e. The summed E-state index contributed by atoms with van der Waals surface area (Å²) in [5, 5.41) is 0. The van der Waals surface area contributed by atoms with E-state index in [4.69, 9.17) is 0 Å². The van der Waals surface area contributed by atoms with Crippen molar-refractivity contribution in [2.24, 2.45) is 53.3 Å². The smallest absolute Gasteiger partial charge is 0.000965 e. The molecule has 0 aliphatic carbocycles. The molecule has 0 aromatic heterocycles. The number of rotatable bonds is 49. The van der Waals surface area contributed by atoms with Gasteiger partial charge in [-0.1, -0.05) is 219 Å². The molecule has 0 saturated carbocycles. The third-order valence-electron chi connectivity index (χ3n) is 15.9. The average Bonchev–Trinajstić information content (AvgIpc) is 3.38. The molecule has 0 fully saturated rings. The summed E-state index contributed by atoms with van der Waals surface area (Å²) in [6.45, 7) is 70.3. The fourth-order valence-corrected chi connectivity index (χ4v) is 12.3. The molecule has 79 heavy (non-hydrogen) atoms. The Morgan fingerprint density at radius 3 is 0.810 bits per heavy atom. The van der Waals surface area contributed by atoms with Gasteiger partial charge in [0.1, 0.15) is 0 Å². The standard InChI is InChI=1S/C20H41N.2C19H39N.C17H35N/c1-8-11-21(12-9-2)16-20(10-3)15-19(7)14-18(6)13-17(4)5;2*1-6-10-11-12-13-18(5)16-19(9-4)17-20(14-7-2)15-8-3;1-7-10-18(11-8-2)14-17(9-3)13-16(6)12-15(4)5/h13,17,19-20H,8-12,14-16H2,1-7H3;2*11-12,18-19H,6-10,13-17H2,1-5H3;16-17H,4,7-14H2,1-3,5-6H3/b18-13+;12-11+;12-11-;. The molecule has 0 bridgehead atoms. The number of hydrogen-bond acceptors (Lipinski definition) is 4.